The molecule has 0 atom stereocenters. The van der Waals surface area contributed by atoms with Gasteiger partial charge in [-0.2, -0.15) is 0 Å². The molecule has 24 heavy (non-hydrogen) atoms. The number of nitrogens with zero attached hydrogens (tertiary/aromatic N) is 1. The summed E-state index contributed by atoms with van der Waals surface area (Å²) in [4.78, 5) is 26.9. The molecule has 0 bridgehead atoms. The summed E-state index contributed by atoms with van der Waals surface area (Å²) in [6, 6.07) is 11.9. The third kappa shape index (κ3) is 2.89. The van der Waals surface area contributed by atoms with Crippen molar-refractivity contribution in [1.82, 2.24) is 4.98 Å². The Morgan fingerprint density at radius 1 is 1.00 bits per heavy atom. The Kier molecular flexibility index (Phi) is 3.87. The fourth-order valence-corrected chi connectivity index (χ4v) is 2.40. The molecule has 0 amide bonds. The number of fused-ring (bicyclic) bond motifs is 1. The third-order valence-corrected chi connectivity index (χ3v) is 3.67. The number of aromatic carboxylic acids is 2. The Morgan fingerprint density at radius 3 is 2.33 bits per heavy atom. The monoisotopic (exact) mass is 322 g/mol. The topological polar surface area (TPSA) is 99.5 Å². The molecule has 0 radical (unpaired) electrons. The van der Waals surface area contributed by atoms with Gasteiger partial charge < -0.3 is 15.5 Å². The van der Waals surface area contributed by atoms with Gasteiger partial charge >= 0.3 is 11.9 Å². The minimum Gasteiger partial charge on any atom is -0.478 e. The van der Waals surface area contributed by atoms with E-state index in [1.165, 1.54) is 18.3 Å². The summed E-state index contributed by atoms with van der Waals surface area (Å²) < 4.78 is 0. The number of hydrogen-bond acceptors (Lipinski definition) is 4. The number of nitrogens with one attached hydrogen (secondary N) is 1. The molecule has 1 heterocycles. The number of benzene rings is 2. The number of hydrogen-bond donors (Lipinski definition) is 3. The Hall–Kier alpha value is -3.41. The van der Waals surface area contributed by atoms with Crippen molar-refractivity contribution >= 4 is 34.2 Å². The highest BCUT2D eigenvalue weighted by Gasteiger charge is 2.16. The number of pyridine rings is 1. The summed E-state index contributed by atoms with van der Waals surface area (Å²) >= 11 is 0. The predicted octanol–water partition coefficient (Wildman–Crippen LogP) is 3.68. The first-order valence-electron chi connectivity index (χ1n) is 7.19. The van der Waals surface area contributed by atoms with E-state index < -0.39 is 11.9 Å². The first kappa shape index (κ1) is 15.5. The van der Waals surface area contributed by atoms with Crippen LogP contribution in [0.15, 0.2) is 48.7 Å². The predicted molar refractivity (Wildman–Crippen MR) is 90.1 cm³/mol. The summed E-state index contributed by atoms with van der Waals surface area (Å²) in [5.41, 5.74) is 2.66. The molecule has 0 fully saturated rings. The second kappa shape index (κ2) is 6.00. The van der Waals surface area contributed by atoms with E-state index in [1.54, 1.807) is 6.07 Å². The van der Waals surface area contributed by atoms with Crippen LogP contribution in [0.4, 0.5) is 11.4 Å². The maximum Gasteiger partial charge on any atom is 0.339 e. The van der Waals surface area contributed by atoms with Gasteiger partial charge in [-0.15, -0.1) is 0 Å². The van der Waals surface area contributed by atoms with E-state index in [-0.39, 0.29) is 11.1 Å². The number of carboxylic acids is 2. The molecule has 6 heteroatoms. The van der Waals surface area contributed by atoms with E-state index in [1.807, 2.05) is 31.2 Å². The zero-order valence-corrected chi connectivity index (χ0v) is 12.8. The zero-order chi connectivity index (χ0) is 17.3. The van der Waals surface area contributed by atoms with E-state index in [0.717, 1.165) is 5.56 Å². The van der Waals surface area contributed by atoms with Crippen molar-refractivity contribution in [2.24, 2.45) is 0 Å². The maximum absolute atomic E-state index is 11.5. The van der Waals surface area contributed by atoms with Gasteiger partial charge in [-0.1, -0.05) is 17.7 Å². The molecule has 0 saturated carbocycles. The van der Waals surface area contributed by atoms with Crippen LogP contribution in [0.2, 0.25) is 0 Å². The molecule has 3 rings (SSSR count). The van der Waals surface area contributed by atoms with Crippen molar-refractivity contribution in [1.29, 1.82) is 0 Å². The van der Waals surface area contributed by atoms with Crippen LogP contribution in [0.1, 0.15) is 26.3 Å². The van der Waals surface area contributed by atoms with Crippen LogP contribution >= 0.6 is 0 Å². The SMILES string of the molecule is Cc1ccc(Nc2c(C(=O)O)cnc3ccc(C(=O)O)cc23)cc1. The Bertz CT molecular complexity index is 944. The zero-order valence-electron chi connectivity index (χ0n) is 12.8. The van der Waals surface area contributed by atoms with Crippen LogP contribution in [0.5, 0.6) is 0 Å². The Morgan fingerprint density at radius 2 is 1.71 bits per heavy atom. The van der Waals surface area contributed by atoms with Gasteiger partial charge in [0.2, 0.25) is 0 Å². The lowest BCUT2D eigenvalue weighted by molar-refractivity contribution is 0.0687. The van der Waals surface area contributed by atoms with Gasteiger partial charge in [0.05, 0.1) is 16.8 Å². The van der Waals surface area contributed by atoms with E-state index in [4.69, 9.17) is 0 Å². The lowest BCUT2D eigenvalue weighted by Crippen LogP contribution is -2.05. The largest absolute Gasteiger partial charge is 0.478 e. The van der Waals surface area contributed by atoms with Gasteiger partial charge in [0.1, 0.15) is 5.56 Å². The maximum atomic E-state index is 11.5. The van der Waals surface area contributed by atoms with Crippen molar-refractivity contribution in [3.05, 3.63) is 65.4 Å². The fourth-order valence-electron chi connectivity index (χ4n) is 2.40. The number of carboxylic acid groups (broad SMARTS) is 2. The minimum absolute atomic E-state index is 0.0226. The van der Waals surface area contributed by atoms with Gasteiger partial charge in [-0.25, -0.2) is 9.59 Å². The summed E-state index contributed by atoms with van der Waals surface area (Å²) in [5, 5.41) is 22.1. The number of rotatable bonds is 4. The first-order valence-corrected chi connectivity index (χ1v) is 7.19. The van der Waals surface area contributed by atoms with Crippen molar-refractivity contribution in [2.45, 2.75) is 6.92 Å². The molecule has 1 aromatic heterocycles. The molecule has 2 aromatic carbocycles. The second-order valence-electron chi connectivity index (χ2n) is 5.38. The van der Waals surface area contributed by atoms with E-state index in [0.29, 0.717) is 22.3 Å². The molecule has 0 aliphatic heterocycles. The summed E-state index contributed by atoms with van der Waals surface area (Å²) in [7, 11) is 0. The van der Waals surface area contributed by atoms with E-state index in [2.05, 4.69) is 10.3 Å². The smallest absolute Gasteiger partial charge is 0.339 e. The summed E-state index contributed by atoms with van der Waals surface area (Å²) in [6.45, 7) is 1.95. The second-order valence-corrected chi connectivity index (χ2v) is 5.38. The van der Waals surface area contributed by atoms with Gasteiger partial charge in [0.25, 0.3) is 0 Å². The Labute approximate surface area is 137 Å². The van der Waals surface area contributed by atoms with Crippen molar-refractivity contribution in [3.8, 4) is 0 Å². The van der Waals surface area contributed by atoms with Crippen LogP contribution in [0, 0.1) is 6.92 Å². The van der Waals surface area contributed by atoms with Crippen molar-refractivity contribution < 1.29 is 19.8 Å². The van der Waals surface area contributed by atoms with Crippen molar-refractivity contribution in [2.75, 3.05) is 5.32 Å². The molecular formula is C18H14N2O4. The van der Waals surface area contributed by atoms with Gasteiger partial charge in [-0.3, -0.25) is 4.98 Å². The first-order chi connectivity index (χ1) is 11.5. The summed E-state index contributed by atoms with van der Waals surface area (Å²) in [6.07, 6.45) is 1.27. The molecule has 3 N–H and O–H groups in total. The summed E-state index contributed by atoms with van der Waals surface area (Å²) in [5.74, 6) is -2.22. The quantitative estimate of drug-likeness (QED) is 0.677. The minimum atomic E-state index is -1.14. The third-order valence-electron chi connectivity index (χ3n) is 3.67. The number of anilines is 2. The number of carbonyl (C=O) groups is 2. The van der Waals surface area contributed by atoms with E-state index in [9.17, 15) is 19.8 Å². The molecule has 3 aromatic rings. The average Bonchev–Trinajstić information content (AvgIpc) is 2.56. The molecule has 0 spiro atoms. The van der Waals surface area contributed by atoms with Crippen LogP contribution in [-0.2, 0) is 0 Å². The van der Waals surface area contributed by atoms with Crippen LogP contribution in [0.25, 0.3) is 10.9 Å². The lowest BCUT2D eigenvalue weighted by Gasteiger charge is -2.13. The molecule has 0 aliphatic rings. The average molecular weight is 322 g/mol. The van der Waals surface area contributed by atoms with Crippen molar-refractivity contribution in [3.63, 3.8) is 0 Å². The fraction of sp³-hybridized carbons (Fsp3) is 0.0556. The standard InChI is InChI=1S/C18H14N2O4/c1-10-2-5-12(6-3-10)20-16-13-8-11(17(21)22)4-7-15(13)19-9-14(16)18(23)24/h2-9H,1H3,(H,19,20)(H,21,22)(H,23,24). The molecule has 0 unspecified atom stereocenters. The van der Waals surface area contributed by atoms with Gasteiger partial charge in [0, 0.05) is 17.3 Å². The molecule has 6 nitrogen and oxygen atoms in total. The van der Waals surface area contributed by atoms with Crippen LogP contribution < -0.4 is 5.32 Å². The normalized spacial score (nSPS) is 10.5. The molecular weight excluding hydrogens is 308 g/mol. The van der Waals surface area contributed by atoms with Crippen LogP contribution in [-0.4, -0.2) is 27.1 Å². The Balaban J connectivity index is 2.22. The number of aryl methyl sites for hydroxylation is 1. The molecule has 0 aliphatic carbocycles. The van der Waals surface area contributed by atoms with Crippen LogP contribution in [0.3, 0.4) is 0 Å². The highest BCUT2D eigenvalue weighted by atomic mass is 16.4. The highest BCUT2D eigenvalue weighted by molar-refractivity contribution is 6.07. The van der Waals surface area contributed by atoms with Gasteiger partial charge in [-0.05, 0) is 37.3 Å². The van der Waals surface area contributed by atoms with E-state index >= 15 is 0 Å². The molecule has 0 saturated heterocycles. The highest BCUT2D eigenvalue weighted by Crippen LogP contribution is 2.30. The van der Waals surface area contributed by atoms with Gasteiger partial charge in [0.15, 0.2) is 0 Å². The molecule has 120 valence electrons. The lowest BCUT2D eigenvalue weighted by atomic mass is 10.1. The number of aromatic nitrogens is 1.